The molecule has 0 fully saturated rings. The van der Waals surface area contributed by atoms with E-state index in [-0.39, 0.29) is 0 Å². The predicted molar refractivity (Wildman–Crippen MR) is 98.4 cm³/mol. The third kappa shape index (κ3) is 3.77. The van der Waals surface area contributed by atoms with Gasteiger partial charge in [-0.2, -0.15) is 0 Å². The van der Waals surface area contributed by atoms with Gasteiger partial charge in [0.15, 0.2) is 0 Å². The molecule has 0 amide bonds. The minimum absolute atomic E-state index is 0.655. The van der Waals surface area contributed by atoms with Crippen molar-refractivity contribution in [2.45, 2.75) is 27.3 Å². The van der Waals surface area contributed by atoms with Gasteiger partial charge in [0, 0.05) is 25.2 Å². The van der Waals surface area contributed by atoms with Gasteiger partial charge in [0.05, 0.1) is 12.8 Å². The number of aryl methyl sites for hydroxylation is 1. The molecule has 0 aliphatic rings. The number of oxazole rings is 1. The van der Waals surface area contributed by atoms with Crippen LogP contribution in [0.25, 0.3) is 11.5 Å². The summed E-state index contributed by atoms with van der Waals surface area (Å²) in [5.74, 6) is 2.38. The maximum absolute atomic E-state index is 5.94. The summed E-state index contributed by atoms with van der Waals surface area (Å²) in [6, 6.07) is 3.96. The van der Waals surface area contributed by atoms with Crippen LogP contribution < -0.4 is 4.74 Å². The van der Waals surface area contributed by atoms with Gasteiger partial charge in [-0.25, -0.2) is 4.98 Å². The lowest BCUT2D eigenvalue weighted by Gasteiger charge is -2.17. The summed E-state index contributed by atoms with van der Waals surface area (Å²) in [6.07, 6.45) is 3.77. The Morgan fingerprint density at radius 1 is 1.12 bits per heavy atom. The molecule has 0 spiro atoms. The molecule has 0 saturated carbocycles. The number of aromatic nitrogens is 1. The first-order chi connectivity index (χ1) is 11.5. The van der Waals surface area contributed by atoms with E-state index in [2.05, 4.69) is 25.0 Å². The number of hydrogen-bond acceptors (Lipinski definition) is 4. The van der Waals surface area contributed by atoms with Gasteiger partial charge < -0.3 is 9.15 Å². The third-order valence-corrected chi connectivity index (χ3v) is 4.23. The van der Waals surface area contributed by atoms with Crippen LogP contribution >= 0.6 is 0 Å². The fourth-order valence-corrected chi connectivity index (χ4v) is 2.72. The monoisotopic (exact) mass is 326 g/mol. The molecule has 128 valence electrons. The highest BCUT2D eigenvalue weighted by molar-refractivity contribution is 5.63. The molecule has 1 aromatic carbocycles. The molecule has 1 heterocycles. The molecule has 2 aromatic rings. The topological polar surface area (TPSA) is 38.5 Å². The van der Waals surface area contributed by atoms with E-state index in [1.54, 1.807) is 7.11 Å². The Kier molecular flexibility index (Phi) is 5.99. The molecule has 0 unspecified atom stereocenters. The van der Waals surface area contributed by atoms with Crippen molar-refractivity contribution >= 4 is 0 Å². The van der Waals surface area contributed by atoms with Crippen molar-refractivity contribution < 1.29 is 9.15 Å². The Bertz CT molecular complexity index is 721. The lowest BCUT2D eigenvalue weighted by molar-refractivity contribution is 0.322. The molecule has 0 N–H and O–H groups in total. The van der Waals surface area contributed by atoms with Gasteiger partial charge in [-0.05, 0) is 44.0 Å². The first-order valence-electron chi connectivity index (χ1n) is 8.06. The molecular formula is C20H26N2O2. The average Bonchev–Trinajstić information content (AvgIpc) is 2.91. The zero-order valence-corrected chi connectivity index (χ0v) is 15.1. The highest BCUT2D eigenvalue weighted by Crippen LogP contribution is 2.31. The molecule has 0 bridgehead atoms. The molecule has 2 rings (SSSR count). The number of ether oxygens (including phenoxy) is 1. The second kappa shape index (κ2) is 7.97. The van der Waals surface area contributed by atoms with Gasteiger partial charge in [-0.3, -0.25) is 4.90 Å². The van der Waals surface area contributed by atoms with Gasteiger partial charge >= 0.3 is 0 Å². The summed E-state index contributed by atoms with van der Waals surface area (Å²) in [5, 5.41) is 0. The van der Waals surface area contributed by atoms with Gasteiger partial charge in [-0.15, -0.1) is 13.2 Å². The number of nitrogens with zero attached hydrogens (tertiary/aromatic N) is 2. The molecule has 4 heteroatoms. The minimum Gasteiger partial charge on any atom is -0.496 e. The largest absolute Gasteiger partial charge is 0.496 e. The third-order valence-electron chi connectivity index (χ3n) is 4.23. The van der Waals surface area contributed by atoms with Gasteiger partial charge in [-0.1, -0.05) is 12.2 Å². The van der Waals surface area contributed by atoms with Crippen molar-refractivity contribution in [3.63, 3.8) is 0 Å². The lowest BCUT2D eigenvalue weighted by Crippen LogP contribution is -2.23. The van der Waals surface area contributed by atoms with Crippen LogP contribution in [0, 0.1) is 20.8 Å². The normalized spacial score (nSPS) is 10.9. The van der Waals surface area contributed by atoms with E-state index in [1.165, 1.54) is 0 Å². The molecule has 0 saturated heterocycles. The van der Waals surface area contributed by atoms with Crippen LogP contribution in [0.15, 0.2) is 41.9 Å². The average molecular weight is 326 g/mol. The van der Waals surface area contributed by atoms with Crippen LogP contribution in [0.4, 0.5) is 0 Å². The van der Waals surface area contributed by atoms with Crippen molar-refractivity contribution in [2.24, 2.45) is 0 Å². The molecule has 1 aromatic heterocycles. The minimum atomic E-state index is 0.655. The first-order valence-corrected chi connectivity index (χ1v) is 8.06. The molecular weight excluding hydrogens is 300 g/mol. The molecule has 24 heavy (non-hydrogen) atoms. The van der Waals surface area contributed by atoms with Crippen LogP contribution in [0.1, 0.15) is 22.6 Å². The van der Waals surface area contributed by atoms with Crippen molar-refractivity contribution in [3.05, 3.63) is 60.0 Å². The second-order valence-electron chi connectivity index (χ2n) is 5.86. The molecule has 0 atom stereocenters. The summed E-state index contributed by atoms with van der Waals surface area (Å²) in [6.45, 7) is 16.0. The number of methoxy groups -OCH3 is 1. The Labute approximate surface area is 144 Å². The second-order valence-corrected chi connectivity index (χ2v) is 5.86. The number of benzene rings is 1. The standard InChI is InChI=1S/C20H26N2O2/c1-7-11-22(12-8-2)13-18-16(5)24-20(21-18)17-9-10-19(23-6)15(4)14(17)3/h7-10H,1-2,11-13H2,3-6H3. The summed E-state index contributed by atoms with van der Waals surface area (Å²) >= 11 is 0. The van der Waals surface area contributed by atoms with Crippen LogP contribution in [-0.2, 0) is 6.54 Å². The zero-order chi connectivity index (χ0) is 17.7. The van der Waals surface area contributed by atoms with Crippen LogP contribution in [0.2, 0.25) is 0 Å². The van der Waals surface area contributed by atoms with Crippen LogP contribution in [-0.4, -0.2) is 30.1 Å². The van der Waals surface area contributed by atoms with E-state index in [9.17, 15) is 0 Å². The van der Waals surface area contributed by atoms with Gasteiger partial charge in [0.25, 0.3) is 0 Å². The van der Waals surface area contributed by atoms with Gasteiger partial charge in [0.2, 0.25) is 5.89 Å². The van der Waals surface area contributed by atoms with E-state index < -0.39 is 0 Å². The van der Waals surface area contributed by atoms with E-state index >= 15 is 0 Å². The van der Waals surface area contributed by atoms with E-state index in [4.69, 9.17) is 14.1 Å². The van der Waals surface area contributed by atoms with E-state index in [1.807, 2.05) is 38.1 Å². The van der Waals surface area contributed by atoms with Crippen molar-refractivity contribution in [3.8, 4) is 17.2 Å². The SMILES string of the molecule is C=CCN(CC=C)Cc1nc(-c2ccc(OC)c(C)c2C)oc1C. The first kappa shape index (κ1) is 18.0. The smallest absolute Gasteiger partial charge is 0.226 e. The molecule has 0 aliphatic heterocycles. The molecule has 4 nitrogen and oxygen atoms in total. The highest BCUT2D eigenvalue weighted by Gasteiger charge is 2.17. The predicted octanol–water partition coefficient (Wildman–Crippen LogP) is 4.45. The van der Waals surface area contributed by atoms with E-state index in [0.717, 1.165) is 47.0 Å². The maximum Gasteiger partial charge on any atom is 0.226 e. The number of rotatable bonds is 8. The summed E-state index contributed by atoms with van der Waals surface area (Å²) in [5.41, 5.74) is 4.17. The fourth-order valence-electron chi connectivity index (χ4n) is 2.72. The highest BCUT2D eigenvalue weighted by atomic mass is 16.5. The van der Waals surface area contributed by atoms with Crippen LogP contribution in [0.3, 0.4) is 0 Å². The molecule has 0 radical (unpaired) electrons. The summed E-state index contributed by atoms with van der Waals surface area (Å²) in [7, 11) is 1.68. The Morgan fingerprint density at radius 2 is 1.79 bits per heavy atom. The fraction of sp³-hybridized carbons (Fsp3) is 0.350. The van der Waals surface area contributed by atoms with Crippen molar-refractivity contribution in [1.82, 2.24) is 9.88 Å². The Hall–Kier alpha value is -2.33. The zero-order valence-electron chi connectivity index (χ0n) is 15.1. The van der Waals surface area contributed by atoms with Crippen LogP contribution in [0.5, 0.6) is 5.75 Å². The Morgan fingerprint density at radius 3 is 2.38 bits per heavy atom. The quantitative estimate of drug-likeness (QED) is 0.672. The van der Waals surface area contributed by atoms with E-state index in [0.29, 0.717) is 12.4 Å². The summed E-state index contributed by atoms with van der Waals surface area (Å²) < 4.78 is 11.3. The lowest BCUT2D eigenvalue weighted by atomic mass is 10.0. The van der Waals surface area contributed by atoms with Crippen molar-refractivity contribution in [1.29, 1.82) is 0 Å². The summed E-state index contributed by atoms with van der Waals surface area (Å²) in [4.78, 5) is 6.93. The van der Waals surface area contributed by atoms with Crippen molar-refractivity contribution in [2.75, 3.05) is 20.2 Å². The van der Waals surface area contributed by atoms with Gasteiger partial charge in [0.1, 0.15) is 11.5 Å². The Balaban J connectivity index is 2.33. The molecule has 0 aliphatic carbocycles. The number of hydrogen-bond donors (Lipinski definition) is 0. The maximum atomic E-state index is 5.94.